The molecular formula is C12H18Br6. The zero-order valence-electron chi connectivity index (χ0n) is 9.97. The van der Waals surface area contributed by atoms with E-state index in [1.807, 2.05) is 0 Å². The maximum Gasteiger partial charge on any atom is 0.0418 e. The molecule has 0 aromatic carbocycles. The van der Waals surface area contributed by atoms with Gasteiger partial charge in [-0.1, -0.05) is 121 Å². The van der Waals surface area contributed by atoms with Crippen LogP contribution in [0.1, 0.15) is 38.5 Å². The Kier molecular flexibility index (Phi) is 10.3. The minimum Gasteiger partial charge on any atom is -0.0878 e. The van der Waals surface area contributed by atoms with Gasteiger partial charge in [0.05, 0.1) is 0 Å². The van der Waals surface area contributed by atoms with E-state index in [1.165, 1.54) is 38.5 Å². The fourth-order valence-corrected chi connectivity index (χ4v) is 7.63. The van der Waals surface area contributed by atoms with Crippen molar-refractivity contribution >= 4 is 95.6 Å². The van der Waals surface area contributed by atoms with Gasteiger partial charge in [0.2, 0.25) is 0 Å². The summed E-state index contributed by atoms with van der Waals surface area (Å²) >= 11 is 23.0. The molecule has 0 bridgehead atoms. The first kappa shape index (κ1) is 18.9. The Labute approximate surface area is 161 Å². The third-order valence-corrected chi connectivity index (χ3v) is 13.6. The van der Waals surface area contributed by atoms with Crippen LogP contribution in [0, 0.1) is 0 Å². The lowest BCUT2D eigenvalue weighted by atomic mass is 10.0. The van der Waals surface area contributed by atoms with Crippen molar-refractivity contribution in [3.05, 3.63) is 0 Å². The quantitative estimate of drug-likeness (QED) is 0.252. The Bertz CT molecular complexity index is 213. The molecule has 1 rings (SSSR count). The van der Waals surface area contributed by atoms with Crippen LogP contribution in [0.3, 0.4) is 0 Å². The summed E-state index contributed by atoms with van der Waals surface area (Å²) in [6.45, 7) is 0. The van der Waals surface area contributed by atoms with Crippen LogP contribution < -0.4 is 0 Å². The molecule has 1 aliphatic rings. The van der Waals surface area contributed by atoms with Crippen LogP contribution >= 0.6 is 95.6 Å². The van der Waals surface area contributed by atoms with E-state index in [9.17, 15) is 0 Å². The average molecular weight is 642 g/mol. The molecule has 0 heterocycles. The molecule has 108 valence electrons. The number of alkyl halides is 6. The molecule has 0 aromatic rings. The average Bonchev–Trinajstić information content (AvgIpc) is 2.37. The van der Waals surface area contributed by atoms with Gasteiger partial charge in [-0.3, -0.25) is 0 Å². The highest BCUT2D eigenvalue weighted by molar-refractivity contribution is 9.15. The molecule has 0 saturated heterocycles. The van der Waals surface area contributed by atoms with Crippen molar-refractivity contribution in [2.45, 2.75) is 67.5 Å². The van der Waals surface area contributed by atoms with Crippen molar-refractivity contribution < 1.29 is 0 Å². The molecule has 1 saturated carbocycles. The van der Waals surface area contributed by atoms with E-state index in [0.29, 0.717) is 29.0 Å². The summed E-state index contributed by atoms with van der Waals surface area (Å²) in [5.74, 6) is 0. The van der Waals surface area contributed by atoms with Crippen LogP contribution in [0.5, 0.6) is 0 Å². The smallest absolute Gasteiger partial charge is 0.0418 e. The molecule has 0 aromatic heterocycles. The van der Waals surface area contributed by atoms with Gasteiger partial charge >= 0.3 is 0 Å². The van der Waals surface area contributed by atoms with Gasteiger partial charge in [0.15, 0.2) is 0 Å². The first-order valence-corrected chi connectivity index (χ1v) is 11.8. The van der Waals surface area contributed by atoms with Crippen molar-refractivity contribution in [2.24, 2.45) is 0 Å². The molecule has 0 radical (unpaired) electrons. The Morgan fingerprint density at radius 2 is 0.778 bits per heavy atom. The Balaban J connectivity index is 2.71. The van der Waals surface area contributed by atoms with E-state index in [2.05, 4.69) is 95.6 Å². The third kappa shape index (κ3) is 5.94. The van der Waals surface area contributed by atoms with E-state index in [0.717, 1.165) is 0 Å². The molecule has 1 aliphatic carbocycles. The van der Waals surface area contributed by atoms with Crippen molar-refractivity contribution in [3.63, 3.8) is 0 Å². The van der Waals surface area contributed by atoms with E-state index in [4.69, 9.17) is 0 Å². The molecule has 0 nitrogen and oxygen atoms in total. The molecule has 0 N–H and O–H groups in total. The standard InChI is InChI=1S/C12H18Br6/c13-7-5-3-1-2-4-6-8(14)10(16)12(18)11(17)9(7)15/h7-12H,1-6H2/t7-,8+,9-,10-,11-,12-/m0/s1. The summed E-state index contributed by atoms with van der Waals surface area (Å²) < 4.78 is 0. The van der Waals surface area contributed by atoms with Gasteiger partial charge in [-0.25, -0.2) is 0 Å². The first-order chi connectivity index (χ1) is 8.45. The van der Waals surface area contributed by atoms with Gasteiger partial charge in [-0.05, 0) is 12.8 Å². The summed E-state index contributed by atoms with van der Waals surface area (Å²) in [4.78, 5) is 2.70. The minimum atomic E-state index is 0.394. The Morgan fingerprint density at radius 3 is 1.11 bits per heavy atom. The topological polar surface area (TPSA) is 0 Å². The normalized spacial score (nSPS) is 45.0. The van der Waals surface area contributed by atoms with Crippen LogP contribution in [-0.4, -0.2) is 29.0 Å². The maximum atomic E-state index is 3.84. The highest BCUT2D eigenvalue weighted by Crippen LogP contribution is 2.37. The first-order valence-electron chi connectivity index (χ1n) is 6.29. The van der Waals surface area contributed by atoms with Crippen molar-refractivity contribution in [1.29, 1.82) is 0 Å². The van der Waals surface area contributed by atoms with Gasteiger partial charge in [0, 0.05) is 29.0 Å². The van der Waals surface area contributed by atoms with Gasteiger partial charge in [-0.2, -0.15) is 0 Å². The van der Waals surface area contributed by atoms with E-state index >= 15 is 0 Å². The number of hydrogen-bond acceptors (Lipinski definition) is 0. The van der Waals surface area contributed by atoms with Crippen LogP contribution in [0.15, 0.2) is 0 Å². The van der Waals surface area contributed by atoms with Crippen LogP contribution in [0.2, 0.25) is 0 Å². The van der Waals surface area contributed by atoms with Gasteiger partial charge in [0.1, 0.15) is 0 Å². The summed E-state index contributed by atoms with van der Waals surface area (Å²) in [5, 5.41) is 0. The maximum absolute atomic E-state index is 3.84. The summed E-state index contributed by atoms with van der Waals surface area (Å²) in [7, 11) is 0. The minimum absolute atomic E-state index is 0.394. The predicted octanol–water partition coefficient (Wildman–Crippen LogP) is 6.92. The molecular weight excluding hydrogens is 624 g/mol. The predicted molar refractivity (Wildman–Crippen MR) is 104 cm³/mol. The van der Waals surface area contributed by atoms with Crippen molar-refractivity contribution in [2.75, 3.05) is 0 Å². The van der Waals surface area contributed by atoms with Crippen LogP contribution in [0.4, 0.5) is 0 Å². The molecule has 6 atom stereocenters. The fourth-order valence-electron chi connectivity index (χ4n) is 2.10. The monoisotopic (exact) mass is 636 g/mol. The SMILES string of the molecule is Br[C@@H]1[C@@H](Br)[C@@H](Br)[C@@H](Br)CCCCCC[C@@H](Br)[C@@H]1Br. The Hall–Kier alpha value is 2.88. The number of hydrogen-bond donors (Lipinski definition) is 0. The Morgan fingerprint density at radius 1 is 0.444 bits per heavy atom. The molecule has 18 heavy (non-hydrogen) atoms. The van der Waals surface area contributed by atoms with Gasteiger partial charge in [0.25, 0.3) is 0 Å². The summed E-state index contributed by atoms with van der Waals surface area (Å²) in [6, 6.07) is 0. The van der Waals surface area contributed by atoms with Crippen molar-refractivity contribution in [3.8, 4) is 0 Å². The second-order valence-electron chi connectivity index (χ2n) is 4.80. The lowest BCUT2D eigenvalue weighted by Gasteiger charge is -2.31. The zero-order chi connectivity index (χ0) is 13.7. The second-order valence-corrected chi connectivity index (χ2v) is 11.4. The van der Waals surface area contributed by atoms with E-state index < -0.39 is 0 Å². The van der Waals surface area contributed by atoms with Gasteiger partial charge < -0.3 is 0 Å². The second kappa shape index (κ2) is 9.81. The van der Waals surface area contributed by atoms with E-state index in [-0.39, 0.29) is 0 Å². The van der Waals surface area contributed by atoms with Gasteiger partial charge in [-0.15, -0.1) is 0 Å². The number of rotatable bonds is 0. The molecule has 0 aliphatic heterocycles. The molecule has 0 amide bonds. The van der Waals surface area contributed by atoms with E-state index in [1.54, 1.807) is 0 Å². The molecule has 0 spiro atoms. The fraction of sp³-hybridized carbons (Fsp3) is 1.00. The molecule has 0 unspecified atom stereocenters. The molecule has 6 heteroatoms. The summed E-state index contributed by atoms with van der Waals surface area (Å²) in [5.41, 5.74) is 0. The zero-order valence-corrected chi connectivity index (χ0v) is 19.5. The molecule has 1 fully saturated rings. The number of halogens is 6. The lowest BCUT2D eigenvalue weighted by molar-refractivity contribution is 0.549. The lowest BCUT2D eigenvalue weighted by Crippen LogP contribution is -2.39. The van der Waals surface area contributed by atoms with Crippen LogP contribution in [0.25, 0.3) is 0 Å². The third-order valence-electron chi connectivity index (χ3n) is 3.31. The highest BCUT2D eigenvalue weighted by atomic mass is 79.9. The summed E-state index contributed by atoms with van der Waals surface area (Å²) in [6.07, 6.45) is 7.80. The van der Waals surface area contributed by atoms with Crippen LogP contribution in [-0.2, 0) is 0 Å². The highest BCUT2D eigenvalue weighted by Gasteiger charge is 2.35. The largest absolute Gasteiger partial charge is 0.0878 e. The van der Waals surface area contributed by atoms with Crippen molar-refractivity contribution in [1.82, 2.24) is 0 Å².